The Bertz CT molecular complexity index is 466. The van der Waals surface area contributed by atoms with Crippen molar-refractivity contribution in [2.75, 3.05) is 11.9 Å². The van der Waals surface area contributed by atoms with E-state index in [9.17, 15) is 0 Å². The second-order valence-electron chi connectivity index (χ2n) is 5.43. The molecule has 0 saturated heterocycles. The molecule has 0 radical (unpaired) electrons. The quantitative estimate of drug-likeness (QED) is 0.779. The molecule has 2 heterocycles. The first kappa shape index (κ1) is 11.6. The van der Waals surface area contributed by atoms with Gasteiger partial charge in [-0.15, -0.1) is 0 Å². The number of rotatable bonds is 2. The standard InChI is InChI=1S/C16H22N2/c1-4-12-13(5-2)16-17(3)10-11-18(16)15-9-7-6-8-14(12)15/h6-13,16H,4-5H2,1-3H3. The second-order valence-corrected chi connectivity index (χ2v) is 5.43. The molecule has 3 rings (SSSR count). The van der Waals surface area contributed by atoms with Crippen LogP contribution in [0.1, 0.15) is 38.2 Å². The first-order valence-electron chi connectivity index (χ1n) is 7.05. The van der Waals surface area contributed by atoms with Gasteiger partial charge in [0.25, 0.3) is 0 Å². The van der Waals surface area contributed by atoms with Gasteiger partial charge >= 0.3 is 0 Å². The topological polar surface area (TPSA) is 6.48 Å². The Labute approximate surface area is 110 Å². The average Bonchev–Trinajstić information content (AvgIpc) is 2.79. The Balaban J connectivity index is 2.12. The highest BCUT2D eigenvalue weighted by Gasteiger charge is 2.41. The summed E-state index contributed by atoms with van der Waals surface area (Å²) in [6.45, 7) is 4.65. The molecule has 2 nitrogen and oxygen atoms in total. The number of fused-ring (bicyclic) bond motifs is 3. The van der Waals surface area contributed by atoms with Crippen molar-refractivity contribution in [1.82, 2.24) is 4.90 Å². The number of hydrogen-bond acceptors (Lipinski definition) is 2. The lowest BCUT2D eigenvalue weighted by Crippen LogP contribution is -2.48. The maximum atomic E-state index is 2.45. The van der Waals surface area contributed by atoms with Crippen LogP contribution in [0.4, 0.5) is 5.69 Å². The predicted octanol–water partition coefficient (Wildman–Crippen LogP) is 3.77. The van der Waals surface area contributed by atoms with Crippen LogP contribution in [-0.4, -0.2) is 18.1 Å². The lowest BCUT2D eigenvalue weighted by Gasteiger charge is -2.46. The molecule has 0 bridgehead atoms. The van der Waals surface area contributed by atoms with Crippen molar-refractivity contribution in [2.24, 2.45) is 5.92 Å². The second kappa shape index (κ2) is 4.34. The molecule has 1 aromatic carbocycles. The smallest absolute Gasteiger partial charge is 0.108 e. The zero-order valence-corrected chi connectivity index (χ0v) is 11.5. The van der Waals surface area contributed by atoms with E-state index in [-0.39, 0.29) is 0 Å². The van der Waals surface area contributed by atoms with E-state index >= 15 is 0 Å². The van der Waals surface area contributed by atoms with E-state index in [1.54, 1.807) is 0 Å². The summed E-state index contributed by atoms with van der Waals surface area (Å²) in [6, 6.07) is 8.91. The molecule has 18 heavy (non-hydrogen) atoms. The van der Waals surface area contributed by atoms with Crippen LogP contribution in [0.3, 0.4) is 0 Å². The maximum Gasteiger partial charge on any atom is 0.108 e. The minimum absolute atomic E-state index is 0.509. The highest BCUT2D eigenvalue weighted by atomic mass is 15.4. The van der Waals surface area contributed by atoms with Gasteiger partial charge in [-0.25, -0.2) is 0 Å². The highest BCUT2D eigenvalue weighted by molar-refractivity contribution is 5.61. The van der Waals surface area contributed by atoms with Gasteiger partial charge in [-0.2, -0.15) is 0 Å². The van der Waals surface area contributed by atoms with Crippen molar-refractivity contribution in [1.29, 1.82) is 0 Å². The van der Waals surface area contributed by atoms with Gasteiger partial charge in [0.15, 0.2) is 0 Å². The largest absolute Gasteiger partial charge is 0.358 e. The number of hydrogen-bond donors (Lipinski definition) is 0. The van der Waals surface area contributed by atoms with E-state index in [4.69, 9.17) is 0 Å². The van der Waals surface area contributed by atoms with E-state index in [0.29, 0.717) is 18.0 Å². The molecule has 0 aliphatic carbocycles. The van der Waals surface area contributed by atoms with E-state index < -0.39 is 0 Å². The summed E-state index contributed by atoms with van der Waals surface area (Å²) in [5.74, 6) is 1.40. The lowest BCUT2D eigenvalue weighted by atomic mass is 9.76. The Morgan fingerprint density at radius 2 is 1.83 bits per heavy atom. The van der Waals surface area contributed by atoms with Gasteiger partial charge in [-0.1, -0.05) is 32.0 Å². The molecule has 1 aromatic rings. The molecule has 0 spiro atoms. The number of benzene rings is 1. The summed E-state index contributed by atoms with van der Waals surface area (Å²) in [5, 5.41) is 0. The lowest BCUT2D eigenvalue weighted by molar-refractivity contribution is 0.203. The average molecular weight is 242 g/mol. The molecule has 0 aromatic heterocycles. The van der Waals surface area contributed by atoms with Crippen LogP contribution < -0.4 is 4.90 Å². The fourth-order valence-corrected chi connectivity index (χ4v) is 3.77. The van der Waals surface area contributed by atoms with Crippen LogP contribution in [0.25, 0.3) is 0 Å². The highest BCUT2D eigenvalue weighted by Crippen LogP contribution is 2.47. The first-order valence-corrected chi connectivity index (χ1v) is 7.05. The Morgan fingerprint density at radius 1 is 1.06 bits per heavy atom. The number of para-hydroxylation sites is 1. The van der Waals surface area contributed by atoms with E-state index in [1.807, 2.05) is 0 Å². The third-order valence-corrected chi connectivity index (χ3v) is 4.59. The SMILES string of the molecule is CCC1c2ccccc2N2C=CN(C)C2C1CC. The molecule has 0 amide bonds. The third kappa shape index (κ3) is 1.48. The molecule has 3 atom stereocenters. The molecule has 2 aliphatic rings. The van der Waals surface area contributed by atoms with Crippen molar-refractivity contribution < 1.29 is 0 Å². The number of nitrogens with zero attached hydrogens (tertiary/aromatic N) is 2. The van der Waals surface area contributed by atoms with Crippen molar-refractivity contribution in [2.45, 2.75) is 38.8 Å². The van der Waals surface area contributed by atoms with Crippen LogP contribution in [-0.2, 0) is 0 Å². The van der Waals surface area contributed by atoms with E-state index in [0.717, 1.165) is 0 Å². The van der Waals surface area contributed by atoms with E-state index in [1.165, 1.54) is 24.1 Å². The van der Waals surface area contributed by atoms with Gasteiger partial charge in [-0.05, 0) is 30.4 Å². The van der Waals surface area contributed by atoms with Gasteiger partial charge in [0.1, 0.15) is 6.17 Å². The molecule has 0 saturated carbocycles. The summed E-state index contributed by atoms with van der Waals surface area (Å²) in [5.41, 5.74) is 2.93. The van der Waals surface area contributed by atoms with Crippen LogP contribution in [0, 0.1) is 5.92 Å². The van der Waals surface area contributed by atoms with Crippen molar-refractivity contribution in [3.8, 4) is 0 Å². The van der Waals surface area contributed by atoms with Crippen LogP contribution in [0.15, 0.2) is 36.7 Å². The summed E-state index contributed by atoms with van der Waals surface area (Å²) >= 11 is 0. The minimum atomic E-state index is 0.509. The third-order valence-electron chi connectivity index (χ3n) is 4.59. The predicted molar refractivity (Wildman–Crippen MR) is 76.4 cm³/mol. The van der Waals surface area contributed by atoms with Gasteiger partial charge in [0.05, 0.1) is 0 Å². The summed E-state index contributed by atoms with van der Waals surface area (Å²) in [4.78, 5) is 4.82. The maximum absolute atomic E-state index is 2.45. The molecular formula is C16H22N2. The normalized spacial score (nSPS) is 29.4. The molecule has 0 fully saturated rings. The zero-order chi connectivity index (χ0) is 12.7. The molecule has 2 heteroatoms. The minimum Gasteiger partial charge on any atom is -0.358 e. The van der Waals surface area contributed by atoms with Crippen molar-refractivity contribution in [3.05, 3.63) is 42.2 Å². The van der Waals surface area contributed by atoms with Crippen LogP contribution >= 0.6 is 0 Å². The van der Waals surface area contributed by atoms with Crippen LogP contribution in [0.5, 0.6) is 0 Å². The Kier molecular flexibility index (Phi) is 2.81. The number of anilines is 1. The van der Waals surface area contributed by atoms with Crippen molar-refractivity contribution in [3.63, 3.8) is 0 Å². The van der Waals surface area contributed by atoms with E-state index in [2.05, 4.69) is 67.4 Å². The van der Waals surface area contributed by atoms with Gasteiger partial charge in [-0.3, -0.25) is 0 Å². The van der Waals surface area contributed by atoms with Gasteiger partial charge < -0.3 is 9.80 Å². The molecule has 2 aliphatic heterocycles. The van der Waals surface area contributed by atoms with Crippen LogP contribution in [0.2, 0.25) is 0 Å². The summed E-state index contributed by atoms with van der Waals surface area (Å²) in [7, 11) is 2.20. The fourth-order valence-electron chi connectivity index (χ4n) is 3.77. The fraction of sp³-hybridized carbons (Fsp3) is 0.500. The Hall–Kier alpha value is -1.44. The zero-order valence-electron chi connectivity index (χ0n) is 11.5. The van der Waals surface area contributed by atoms with Crippen molar-refractivity contribution >= 4 is 5.69 Å². The summed E-state index contributed by atoms with van der Waals surface area (Å²) in [6.07, 6.45) is 7.42. The molecule has 0 N–H and O–H groups in total. The van der Waals surface area contributed by atoms with Gasteiger partial charge in [0, 0.05) is 31.1 Å². The molecular weight excluding hydrogens is 220 g/mol. The molecule has 3 unspecified atom stereocenters. The van der Waals surface area contributed by atoms with Gasteiger partial charge in [0.2, 0.25) is 0 Å². The summed E-state index contributed by atoms with van der Waals surface area (Å²) < 4.78 is 0. The first-order chi connectivity index (χ1) is 8.77. The molecule has 96 valence electrons. The monoisotopic (exact) mass is 242 g/mol. The Morgan fingerprint density at radius 3 is 2.56 bits per heavy atom.